The molecule has 1 aliphatic rings. The van der Waals surface area contributed by atoms with Gasteiger partial charge in [0.1, 0.15) is 22.8 Å². The highest BCUT2D eigenvalue weighted by Crippen LogP contribution is 2.34. The minimum Gasteiger partial charge on any atom is -0.495 e. The number of aromatic nitrogens is 2. The van der Waals surface area contributed by atoms with Crippen LogP contribution >= 0.6 is 23.1 Å². The van der Waals surface area contributed by atoms with Crippen LogP contribution in [-0.2, 0) is 4.79 Å². The molecule has 1 amide bonds. The first-order valence-electron chi connectivity index (χ1n) is 10.4. The fourth-order valence-corrected chi connectivity index (χ4v) is 5.45. The normalized spacial score (nSPS) is 13.0. The molecule has 33 heavy (non-hydrogen) atoms. The first-order chi connectivity index (χ1) is 16.1. The number of amides is 1. The van der Waals surface area contributed by atoms with Crippen molar-refractivity contribution in [1.29, 1.82) is 0 Å². The summed E-state index contributed by atoms with van der Waals surface area (Å²) < 4.78 is 13.3. The summed E-state index contributed by atoms with van der Waals surface area (Å²) in [7, 11) is 1.56. The number of hydrogen-bond acceptors (Lipinski definition) is 7. The molecular formula is C24H21N3O4S2. The number of rotatable bonds is 5. The molecule has 7 nitrogen and oxygen atoms in total. The number of nitrogens with zero attached hydrogens (tertiary/aromatic N) is 3. The third kappa shape index (κ3) is 3.98. The van der Waals surface area contributed by atoms with Gasteiger partial charge in [0.15, 0.2) is 5.16 Å². The second kappa shape index (κ2) is 8.92. The van der Waals surface area contributed by atoms with Gasteiger partial charge in [-0.2, -0.15) is 0 Å². The molecule has 0 unspecified atom stereocenters. The fraction of sp³-hybridized carbons (Fsp3) is 0.208. The van der Waals surface area contributed by atoms with Crippen molar-refractivity contribution in [3.63, 3.8) is 0 Å². The van der Waals surface area contributed by atoms with Gasteiger partial charge in [0.2, 0.25) is 5.91 Å². The standard InChI is InChI=1S/C24H21N3O4S2/c1-15-7-8-20-18(13-15)26(10-11-31-20)21(28)14-33-24-25-16-9-12-32-22(16)23(29)27(24)17-5-3-4-6-19(17)30-2/h3-9,12-13H,10-11,14H2,1-2H3. The Morgan fingerprint density at radius 3 is 2.91 bits per heavy atom. The van der Waals surface area contributed by atoms with Gasteiger partial charge in [-0.15, -0.1) is 11.3 Å². The summed E-state index contributed by atoms with van der Waals surface area (Å²) in [6.07, 6.45) is 0. The van der Waals surface area contributed by atoms with E-state index in [0.717, 1.165) is 11.3 Å². The third-order valence-corrected chi connectivity index (χ3v) is 7.19. The van der Waals surface area contributed by atoms with E-state index in [1.54, 1.807) is 18.1 Å². The molecule has 0 saturated heterocycles. The molecule has 0 bridgehead atoms. The van der Waals surface area contributed by atoms with Crippen LogP contribution in [0.15, 0.2) is 63.9 Å². The summed E-state index contributed by atoms with van der Waals surface area (Å²) >= 11 is 2.59. The van der Waals surface area contributed by atoms with E-state index in [-0.39, 0.29) is 17.2 Å². The number of benzene rings is 2. The minimum absolute atomic E-state index is 0.0682. The highest BCUT2D eigenvalue weighted by Gasteiger charge is 2.25. The van der Waals surface area contributed by atoms with Crippen molar-refractivity contribution in [2.75, 3.05) is 30.9 Å². The Morgan fingerprint density at radius 2 is 2.06 bits per heavy atom. The maximum atomic E-state index is 13.4. The Bertz CT molecular complexity index is 1410. The number of hydrogen-bond donors (Lipinski definition) is 0. The largest absolute Gasteiger partial charge is 0.495 e. The molecule has 3 heterocycles. The van der Waals surface area contributed by atoms with Crippen molar-refractivity contribution in [3.8, 4) is 17.2 Å². The summed E-state index contributed by atoms with van der Waals surface area (Å²) in [5.41, 5.74) is 2.87. The van der Waals surface area contributed by atoms with E-state index < -0.39 is 0 Å². The van der Waals surface area contributed by atoms with Crippen LogP contribution in [0.25, 0.3) is 15.9 Å². The van der Waals surface area contributed by atoms with Crippen molar-refractivity contribution in [3.05, 3.63) is 69.8 Å². The molecule has 4 aromatic rings. The topological polar surface area (TPSA) is 73.7 Å². The zero-order valence-electron chi connectivity index (χ0n) is 18.1. The highest BCUT2D eigenvalue weighted by atomic mass is 32.2. The monoisotopic (exact) mass is 479 g/mol. The van der Waals surface area contributed by atoms with Crippen LogP contribution in [0, 0.1) is 6.92 Å². The van der Waals surface area contributed by atoms with Crippen molar-refractivity contribution < 1.29 is 14.3 Å². The predicted octanol–water partition coefficient (Wildman–Crippen LogP) is 4.28. The number of aryl methyl sites for hydroxylation is 1. The number of ether oxygens (including phenoxy) is 2. The molecule has 9 heteroatoms. The molecular weight excluding hydrogens is 458 g/mol. The average molecular weight is 480 g/mol. The van der Waals surface area contributed by atoms with Gasteiger partial charge in [-0.1, -0.05) is 30.0 Å². The minimum atomic E-state index is -0.179. The molecule has 2 aromatic carbocycles. The van der Waals surface area contributed by atoms with Crippen LogP contribution in [-0.4, -0.2) is 41.5 Å². The number of carbonyl (C=O) groups is 1. The first kappa shape index (κ1) is 21.5. The molecule has 0 aliphatic carbocycles. The van der Waals surface area contributed by atoms with Gasteiger partial charge in [-0.05, 0) is 48.2 Å². The lowest BCUT2D eigenvalue weighted by atomic mass is 10.1. The van der Waals surface area contributed by atoms with Crippen LogP contribution < -0.4 is 19.9 Å². The molecule has 0 fully saturated rings. The van der Waals surface area contributed by atoms with Crippen LogP contribution in [0.1, 0.15) is 5.56 Å². The summed E-state index contributed by atoms with van der Waals surface area (Å²) in [5, 5.41) is 2.29. The summed E-state index contributed by atoms with van der Waals surface area (Å²) in [6, 6.07) is 14.9. The molecule has 168 valence electrons. The van der Waals surface area contributed by atoms with Crippen molar-refractivity contribution in [2.24, 2.45) is 0 Å². The number of thioether (sulfide) groups is 1. The average Bonchev–Trinajstić information content (AvgIpc) is 3.31. The molecule has 5 rings (SSSR count). The maximum absolute atomic E-state index is 13.4. The molecule has 1 aliphatic heterocycles. The zero-order valence-corrected chi connectivity index (χ0v) is 19.7. The van der Waals surface area contributed by atoms with Gasteiger partial charge in [0.25, 0.3) is 5.56 Å². The van der Waals surface area contributed by atoms with Crippen LogP contribution in [0.4, 0.5) is 5.69 Å². The highest BCUT2D eigenvalue weighted by molar-refractivity contribution is 7.99. The van der Waals surface area contributed by atoms with E-state index in [4.69, 9.17) is 14.5 Å². The van der Waals surface area contributed by atoms with Gasteiger partial charge in [0, 0.05) is 0 Å². The Labute approximate surface area is 198 Å². The Balaban J connectivity index is 1.51. The summed E-state index contributed by atoms with van der Waals surface area (Å²) in [6.45, 7) is 2.90. The number of methoxy groups -OCH3 is 1. The lowest BCUT2D eigenvalue weighted by molar-refractivity contribution is -0.116. The van der Waals surface area contributed by atoms with Crippen LogP contribution in [0.5, 0.6) is 11.5 Å². The van der Waals surface area contributed by atoms with Crippen molar-refractivity contribution >= 4 is 44.9 Å². The Kier molecular flexibility index (Phi) is 5.82. The summed E-state index contributed by atoms with van der Waals surface area (Å²) in [5.74, 6) is 1.32. The number of para-hydroxylation sites is 2. The summed E-state index contributed by atoms with van der Waals surface area (Å²) in [4.78, 5) is 33.1. The quantitative estimate of drug-likeness (QED) is 0.314. The van der Waals surface area contributed by atoms with Gasteiger partial charge >= 0.3 is 0 Å². The van der Waals surface area contributed by atoms with Crippen molar-refractivity contribution in [2.45, 2.75) is 12.1 Å². The molecule has 0 saturated carbocycles. The van der Waals surface area contributed by atoms with E-state index in [1.807, 2.05) is 54.8 Å². The molecule has 2 aromatic heterocycles. The number of anilines is 1. The Hall–Kier alpha value is -3.30. The van der Waals surface area contributed by atoms with Gasteiger partial charge in [0.05, 0.1) is 36.3 Å². The first-order valence-corrected chi connectivity index (χ1v) is 12.2. The number of fused-ring (bicyclic) bond motifs is 2. The van der Waals surface area contributed by atoms with E-state index in [2.05, 4.69) is 0 Å². The van der Waals surface area contributed by atoms with Crippen LogP contribution in [0.3, 0.4) is 0 Å². The lowest BCUT2D eigenvalue weighted by Crippen LogP contribution is -2.39. The van der Waals surface area contributed by atoms with Gasteiger partial charge in [-0.3, -0.25) is 14.2 Å². The molecule has 0 spiro atoms. The predicted molar refractivity (Wildman–Crippen MR) is 132 cm³/mol. The number of carbonyl (C=O) groups excluding carboxylic acids is 1. The number of thiophene rings is 1. The van der Waals surface area contributed by atoms with E-state index in [1.165, 1.54) is 27.7 Å². The lowest BCUT2D eigenvalue weighted by Gasteiger charge is -2.29. The van der Waals surface area contributed by atoms with Gasteiger partial charge in [-0.25, -0.2) is 4.98 Å². The Morgan fingerprint density at radius 1 is 1.21 bits per heavy atom. The van der Waals surface area contributed by atoms with E-state index >= 15 is 0 Å². The molecule has 0 radical (unpaired) electrons. The van der Waals surface area contributed by atoms with Gasteiger partial charge < -0.3 is 14.4 Å². The SMILES string of the molecule is COc1ccccc1-n1c(SCC(=O)N2CCOc3ccc(C)cc32)nc2ccsc2c1=O. The second-order valence-corrected chi connectivity index (χ2v) is 9.35. The smallest absolute Gasteiger partial charge is 0.276 e. The fourth-order valence-electron chi connectivity index (χ4n) is 3.81. The maximum Gasteiger partial charge on any atom is 0.276 e. The van der Waals surface area contributed by atoms with E-state index in [0.29, 0.717) is 45.7 Å². The molecule has 0 atom stereocenters. The third-order valence-electron chi connectivity index (χ3n) is 5.38. The zero-order chi connectivity index (χ0) is 22.9. The van der Waals surface area contributed by atoms with E-state index in [9.17, 15) is 9.59 Å². The van der Waals surface area contributed by atoms with Crippen LogP contribution in [0.2, 0.25) is 0 Å². The second-order valence-electron chi connectivity index (χ2n) is 7.50. The molecule has 0 N–H and O–H groups in total. The van der Waals surface area contributed by atoms with Crippen molar-refractivity contribution in [1.82, 2.24) is 9.55 Å².